The van der Waals surface area contributed by atoms with Gasteiger partial charge in [-0.25, -0.2) is 0 Å². The predicted octanol–water partition coefficient (Wildman–Crippen LogP) is 4.12. The van der Waals surface area contributed by atoms with Crippen LogP contribution in [-0.2, 0) is 12.8 Å². The first-order chi connectivity index (χ1) is 8.86. The van der Waals surface area contributed by atoms with Gasteiger partial charge in [-0.05, 0) is 36.5 Å². The highest BCUT2D eigenvalue weighted by Gasteiger charge is 1.96. The van der Waals surface area contributed by atoms with E-state index < -0.39 is 0 Å². The molecule has 2 aromatic carbocycles. The van der Waals surface area contributed by atoms with E-state index in [2.05, 4.69) is 36.4 Å². The van der Waals surface area contributed by atoms with Crippen LogP contribution in [0.15, 0.2) is 66.7 Å². The number of benzene rings is 2. The standard InChI is InChI=1S/C17H18O/c18-17-14-8-7-13-16(17)12-6-2-5-11-15-9-3-1-4-10-15/h1-5,7-10,13-14,18H,6,11-12H2/b5-2+. The molecule has 2 aromatic rings. The SMILES string of the molecule is Oc1ccccc1CC/C=C/Cc1ccccc1. The maximum Gasteiger partial charge on any atom is 0.118 e. The topological polar surface area (TPSA) is 20.2 Å². The number of phenols is 1. The van der Waals surface area contributed by atoms with E-state index >= 15 is 0 Å². The summed E-state index contributed by atoms with van der Waals surface area (Å²) < 4.78 is 0. The molecule has 92 valence electrons. The Kier molecular flexibility index (Phi) is 4.60. The molecule has 0 unspecified atom stereocenters. The van der Waals surface area contributed by atoms with Gasteiger partial charge < -0.3 is 5.11 Å². The Bertz CT molecular complexity index is 500. The van der Waals surface area contributed by atoms with Gasteiger partial charge in [-0.2, -0.15) is 0 Å². The van der Waals surface area contributed by atoms with Crippen LogP contribution in [0.25, 0.3) is 0 Å². The van der Waals surface area contributed by atoms with Crippen LogP contribution in [0.3, 0.4) is 0 Å². The summed E-state index contributed by atoms with van der Waals surface area (Å²) in [6.45, 7) is 0. The summed E-state index contributed by atoms with van der Waals surface area (Å²) in [6.07, 6.45) is 7.19. The maximum atomic E-state index is 9.62. The summed E-state index contributed by atoms with van der Waals surface area (Å²) in [6, 6.07) is 17.9. The number of aromatic hydroxyl groups is 1. The Labute approximate surface area is 108 Å². The van der Waals surface area contributed by atoms with Gasteiger partial charge in [0.1, 0.15) is 5.75 Å². The lowest BCUT2D eigenvalue weighted by molar-refractivity contribution is 0.468. The Morgan fingerprint density at radius 1 is 0.833 bits per heavy atom. The molecule has 1 nitrogen and oxygen atoms in total. The van der Waals surface area contributed by atoms with Gasteiger partial charge in [0.15, 0.2) is 0 Å². The van der Waals surface area contributed by atoms with Crippen LogP contribution in [0.1, 0.15) is 17.5 Å². The Balaban J connectivity index is 1.77. The van der Waals surface area contributed by atoms with E-state index in [9.17, 15) is 5.11 Å². The van der Waals surface area contributed by atoms with E-state index in [4.69, 9.17) is 0 Å². The van der Waals surface area contributed by atoms with Crippen LogP contribution >= 0.6 is 0 Å². The number of phenolic OH excluding ortho intramolecular Hbond substituents is 1. The number of allylic oxidation sites excluding steroid dienone is 2. The fraction of sp³-hybridized carbons (Fsp3) is 0.176. The molecular weight excluding hydrogens is 220 g/mol. The number of para-hydroxylation sites is 1. The number of hydrogen-bond donors (Lipinski definition) is 1. The lowest BCUT2D eigenvalue weighted by Crippen LogP contribution is -1.84. The van der Waals surface area contributed by atoms with Gasteiger partial charge in [-0.1, -0.05) is 60.7 Å². The maximum absolute atomic E-state index is 9.62. The summed E-state index contributed by atoms with van der Waals surface area (Å²) >= 11 is 0. The highest BCUT2D eigenvalue weighted by molar-refractivity contribution is 5.32. The van der Waals surface area contributed by atoms with Crippen LogP contribution in [0, 0.1) is 0 Å². The zero-order chi connectivity index (χ0) is 12.6. The molecule has 0 spiro atoms. The Morgan fingerprint density at radius 2 is 1.56 bits per heavy atom. The fourth-order valence-corrected chi connectivity index (χ4v) is 1.91. The third kappa shape index (κ3) is 3.77. The third-order valence-corrected chi connectivity index (χ3v) is 2.94. The molecule has 0 heterocycles. The van der Waals surface area contributed by atoms with Gasteiger partial charge in [-0.15, -0.1) is 0 Å². The zero-order valence-corrected chi connectivity index (χ0v) is 10.4. The van der Waals surface area contributed by atoms with Gasteiger partial charge in [0.05, 0.1) is 0 Å². The molecule has 0 aliphatic carbocycles. The zero-order valence-electron chi connectivity index (χ0n) is 10.4. The summed E-state index contributed by atoms with van der Waals surface area (Å²) in [5.74, 6) is 0.397. The van der Waals surface area contributed by atoms with Crippen molar-refractivity contribution in [2.75, 3.05) is 0 Å². The first-order valence-electron chi connectivity index (χ1n) is 6.32. The number of rotatable bonds is 5. The van der Waals surface area contributed by atoms with Crippen molar-refractivity contribution >= 4 is 0 Å². The predicted molar refractivity (Wildman–Crippen MR) is 75.7 cm³/mol. The van der Waals surface area contributed by atoms with E-state index in [1.54, 1.807) is 6.07 Å². The van der Waals surface area contributed by atoms with Crippen molar-refractivity contribution in [3.63, 3.8) is 0 Å². The third-order valence-electron chi connectivity index (χ3n) is 2.94. The van der Waals surface area contributed by atoms with E-state index in [1.807, 2.05) is 24.3 Å². The molecule has 1 heteroatoms. The van der Waals surface area contributed by atoms with E-state index in [0.29, 0.717) is 5.75 Å². The van der Waals surface area contributed by atoms with Crippen molar-refractivity contribution in [1.29, 1.82) is 0 Å². The second-order valence-electron chi connectivity index (χ2n) is 4.33. The van der Waals surface area contributed by atoms with Gasteiger partial charge in [-0.3, -0.25) is 0 Å². The molecule has 0 radical (unpaired) electrons. The first-order valence-corrected chi connectivity index (χ1v) is 6.32. The van der Waals surface area contributed by atoms with E-state index in [1.165, 1.54) is 5.56 Å². The molecule has 0 saturated heterocycles. The quantitative estimate of drug-likeness (QED) is 0.777. The average molecular weight is 238 g/mol. The number of aryl methyl sites for hydroxylation is 1. The normalized spacial score (nSPS) is 10.9. The molecule has 0 saturated carbocycles. The van der Waals surface area contributed by atoms with Crippen molar-refractivity contribution < 1.29 is 5.11 Å². The molecule has 0 aromatic heterocycles. The monoisotopic (exact) mass is 238 g/mol. The highest BCUT2D eigenvalue weighted by atomic mass is 16.3. The first kappa shape index (κ1) is 12.4. The van der Waals surface area contributed by atoms with Crippen molar-refractivity contribution in [2.45, 2.75) is 19.3 Å². The highest BCUT2D eigenvalue weighted by Crippen LogP contribution is 2.17. The van der Waals surface area contributed by atoms with Gasteiger partial charge in [0, 0.05) is 0 Å². The van der Waals surface area contributed by atoms with Crippen LogP contribution in [0.5, 0.6) is 5.75 Å². The van der Waals surface area contributed by atoms with E-state index in [0.717, 1.165) is 24.8 Å². The molecule has 0 aliphatic heterocycles. The molecule has 0 bridgehead atoms. The minimum atomic E-state index is 0.397. The largest absolute Gasteiger partial charge is 0.508 e. The molecule has 0 amide bonds. The molecular formula is C17H18O. The van der Waals surface area contributed by atoms with Crippen molar-refractivity contribution in [3.05, 3.63) is 77.9 Å². The van der Waals surface area contributed by atoms with Crippen LogP contribution < -0.4 is 0 Å². The minimum absolute atomic E-state index is 0.397. The van der Waals surface area contributed by atoms with Crippen molar-refractivity contribution in [2.24, 2.45) is 0 Å². The van der Waals surface area contributed by atoms with Gasteiger partial charge >= 0.3 is 0 Å². The van der Waals surface area contributed by atoms with Crippen LogP contribution in [0.2, 0.25) is 0 Å². The lowest BCUT2D eigenvalue weighted by Gasteiger charge is -2.01. The van der Waals surface area contributed by atoms with E-state index in [-0.39, 0.29) is 0 Å². The van der Waals surface area contributed by atoms with Crippen molar-refractivity contribution in [1.82, 2.24) is 0 Å². The number of hydrogen-bond acceptors (Lipinski definition) is 1. The lowest BCUT2D eigenvalue weighted by atomic mass is 10.1. The van der Waals surface area contributed by atoms with Crippen molar-refractivity contribution in [3.8, 4) is 5.75 Å². The van der Waals surface area contributed by atoms with Crippen LogP contribution in [0.4, 0.5) is 0 Å². The summed E-state index contributed by atoms with van der Waals surface area (Å²) in [4.78, 5) is 0. The summed E-state index contributed by atoms with van der Waals surface area (Å²) in [7, 11) is 0. The van der Waals surface area contributed by atoms with Crippen LogP contribution in [-0.4, -0.2) is 5.11 Å². The average Bonchev–Trinajstić information content (AvgIpc) is 2.42. The molecule has 1 N–H and O–H groups in total. The fourth-order valence-electron chi connectivity index (χ4n) is 1.91. The Hall–Kier alpha value is -2.02. The molecule has 0 fully saturated rings. The molecule has 18 heavy (non-hydrogen) atoms. The molecule has 2 rings (SSSR count). The second kappa shape index (κ2) is 6.65. The van der Waals surface area contributed by atoms with Gasteiger partial charge in [0.2, 0.25) is 0 Å². The Morgan fingerprint density at radius 3 is 2.33 bits per heavy atom. The van der Waals surface area contributed by atoms with Gasteiger partial charge in [0.25, 0.3) is 0 Å². The smallest absolute Gasteiger partial charge is 0.118 e. The summed E-state index contributed by atoms with van der Waals surface area (Å²) in [5, 5.41) is 9.62. The molecule has 0 aliphatic rings. The summed E-state index contributed by atoms with van der Waals surface area (Å²) in [5.41, 5.74) is 2.35. The second-order valence-corrected chi connectivity index (χ2v) is 4.33. The minimum Gasteiger partial charge on any atom is -0.508 e. The molecule has 0 atom stereocenters.